The number of piperidine rings is 1. The molecule has 0 saturated carbocycles. The Hall–Kier alpha value is -0.870. The summed E-state index contributed by atoms with van der Waals surface area (Å²) in [4.78, 5) is 2.56. The molecule has 0 aliphatic carbocycles. The van der Waals surface area contributed by atoms with Crippen molar-refractivity contribution in [2.75, 3.05) is 6.54 Å². The quantitative estimate of drug-likeness (QED) is 0.869. The maximum atomic E-state index is 5.92. The van der Waals surface area contributed by atoms with Crippen molar-refractivity contribution in [1.82, 2.24) is 14.7 Å². The minimum atomic E-state index is 0.540. The summed E-state index contributed by atoms with van der Waals surface area (Å²) in [5, 5.41) is 4.41. The zero-order valence-corrected chi connectivity index (χ0v) is 11.7. The zero-order valence-electron chi connectivity index (χ0n) is 11.7. The van der Waals surface area contributed by atoms with E-state index in [9.17, 15) is 0 Å². The molecule has 0 amide bonds. The van der Waals surface area contributed by atoms with E-state index >= 15 is 0 Å². The van der Waals surface area contributed by atoms with E-state index in [0.29, 0.717) is 12.1 Å². The van der Waals surface area contributed by atoms with E-state index in [1.807, 2.05) is 6.20 Å². The lowest BCUT2D eigenvalue weighted by atomic mass is 9.96. The van der Waals surface area contributed by atoms with Crippen LogP contribution in [0.2, 0.25) is 0 Å². The molecule has 0 aromatic carbocycles. The Morgan fingerprint density at radius 1 is 1.44 bits per heavy atom. The fourth-order valence-corrected chi connectivity index (χ4v) is 2.97. The number of hydrogen-bond donors (Lipinski definition) is 1. The van der Waals surface area contributed by atoms with Crippen LogP contribution >= 0.6 is 0 Å². The molecule has 102 valence electrons. The minimum absolute atomic E-state index is 0.540. The Kier molecular flexibility index (Phi) is 4.78. The zero-order chi connectivity index (χ0) is 13.0. The van der Waals surface area contributed by atoms with Crippen molar-refractivity contribution in [3.05, 3.63) is 18.0 Å². The molecule has 0 bridgehead atoms. The highest BCUT2D eigenvalue weighted by Gasteiger charge is 2.27. The summed E-state index contributed by atoms with van der Waals surface area (Å²) >= 11 is 0. The van der Waals surface area contributed by atoms with Crippen molar-refractivity contribution in [2.45, 2.75) is 64.7 Å². The lowest BCUT2D eigenvalue weighted by Gasteiger charge is -2.40. The van der Waals surface area contributed by atoms with Crippen LogP contribution in [0.3, 0.4) is 0 Å². The third-order valence-electron chi connectivity index (χ3n) is 4.05. The van der Waals surface area contributed by atoms with E-state index < -0.39 is 0 Å². The summed E-state index contributed by atoms with van der Waals surface area (Å²) in [6.07, 6.45) is 6.89. The normalized spacial score (nSPS) is 25.5. The van der Waals surface area contributed by atoms with Crippen LogP contribution in [0.15, 0.2) is 12.3 Å². The number of aryl methyl sites for hydroxylation is 1. The molecule has 1 aromatic heterocycles. The van der Waals surface area contributed by atoms with Crippen LogP contribution in [0.25, 0.3) is 0 Å². The second-order valence-corrected chi connectivity index (χ2v) is 5.39. The van der Waals surface area contributed by atoms with Gasteiger partial charge in [-0.25, -0.2) is 0 Å². The van der Waals surface area contributed by atoms with Gasteiger partial charge >= 0.3 is 0 Å². The van der Waals surface area contributed by atoms with Crippen molar-refractivity contribution in [3.63, 3.8) is 0 Å². The molecule has 1 saturated heterocycles. The Bertz CT molecular complexity index is 360. The summed E-state index contributed by atoms with van der Waals surface area (Å²) in [6.45, 7) is 7.28. The van der Waals surface area contributed by atoms with Gasteiger partial charge in [-0.05, 0) is 32.3 Å². The molecule has 2 rings (SSSR count). The Labute approximate surface area is 110 Å². The number of likely N-dealkylation sites (tertiary alicyclic amines) is 1. The summed E-state index contributed by atoms with van der Waals surface area (Å²) in [7, 11) is 0. The molecule has 0 radical (unpaired) electrons. The fourth-order valence-electron chi connectivity index (χ4n) is 2.97. The molecular weight excluding hydrogens is 224 g/mol. The van der Waals surface area contributed by atoms with Gasteiger partial charge in [0.15, 0.2) is 0 Å². The average Bonchev–Trinajstić information content (AvgIpc) is 2.80. The van der Waals surface area contributed by atoms with Crippen molar-refractivity contribution < 1.29 is 0 Å². The smallest absolute Gasteiger partial charge is 0.0524 e. The van der Waals surface area contributed by atoms with Gasteiger partial charge in [-0.2, -0.15) is 5.10 Å². The standard InChI is InChI=1S/C14H26N4/c1-3-9-18-14(7-8-16-18)11-17-12(2)5-4-6-13(17)10-15/h7-8,12-13H,3-6,9-11,15H2,1-2H3. The monoisotopic (exact) mass is 250 g/mol. The van der Waals surface area contributed by atoms with E-state index in [-0.39, 0.29) is 0 Å². The maximum Gasteiger partial charge on any atom is 0.0524 e. The van der Waals surface area contributed by atoms with Crippen molar-refractivity contribution in [3.8, 4) is 0 Å². The van der Waals surface area contributed by atoms with Gasteiger partial charge in [0.05, 0.1) is 5.69 Å². The Balaban J connectivity index is 2.07. The first-order valence-corrected chi connectivity index (χ1v) is 7.22. The molecule has 18 heavy (non-hydrogen) atoms. The van der Waals surface area contributed by atoms with Crippen LogP contribution in [0.5, 0.6) is 0 Å². The predicted molar refractivity (Wildman–Crippen MR) is 74.2 cm³/mol. The van der Waals surface area contributed by atoms with Crippen LogP contribution in [-0.4, -0.2) is 33.3 Å². The number of hydrogen-bond acceptors (Lipinski definition) is 3. The van der Waals surface area contributed by atoms with E-state index in [1.165, 1.54) is 25.0 Å². The highest BCUT2D eigenvalue weighted by molar-refractivity contribution is 5.02. The lowest BCUT2D eigenvalue weighted by molar-refractivity contribution is 0.0860. The highest BCUT2D eigenvalue weighted by Crippen LogP contribution is 2.24. The average molecular weight is 250 g/mol. The third-order valence-corrected chi connectivity index (χ3v) is 4.05. The van der Waals surface area contributed by atoms with Crippen LogP contribution in [-0.2, 0) is 13.1 Å². The molecule has 2 atom stereocenters. The first-order chi connectivity index (χ1) is 8.76. The highest BCUT2D eigenvalue weighted by atomic mass is 15.3. The van der Waals surface area contributed by atoms with E-state index in [2.05, 4.69) is 34.6 Å². The predicted octanol–water partition coefficient (Wildman–Crippen LogP) is 1.99. The van der Waals surface area contributed by atoms with E-state index in [4.69, 9.17) is 5.73 Å². The van der Waals surface area contributed by atoms with Gasteiger partial charge in [-0.15, -0.1) is 0 Å². The summed E-state index contributed by atoms with van der Waals surface area (Å²) < 4.78 is 2.13. The molecule has 0 spiro atoms. The molecule has 4 nitrogen and oxygen atoms in total. The van der Waals surface area contributed by atoms with Gasteiger partial charge in [-0.1, -0.05) is 13.3 Å². The van der Waals surface area contributed by atoms with Gasteiger partial charge in [0.1, 0.15) is 0 Å². The molecule has 2 unspecified atom stereocenters. The second kappa shape index (κ2) is 6.34. The number of aromatic nitrogens is 2. The molecule has 1 aliphatic rings. The van der Waals surface area contributed by atoms with E-state index in [1.54, 1.807) is 0 Å². The molecule has 1 aromatic rings. The first-order valence-electron chi connectivity index (χ1n) is 7.22. The fraction of sp³-hybridized carbons (Fsp3) is 0.786. The molecule has 1 fully saturated rings. The first kappa shape index (κ1) is 13.6. The molecule has 2 N–H and O–H groups in total. The van der Waals surface area contributed by atoms with Gasteiger partial charge in [0.25, 0.3) is 0 Å². The number of rotatable bonds is 5. The number of nitrogens with zero attached hydrogens (tertiary/aromatic N) is 3. The van der Waals surface area contributed by atoms with Gasteiger partial charge in [0, 0.05) is 37.9 Å². The Morgan fingerprint density at radius 2 is 2.28 bits per heavy atom. The van der Waals surface area contributed by atoms with Crippen LogP contribution in [0.4, 0.5) is 0 Å². The van der Waals surface area contributed by atoms with Gasteiger partial charge in [0.2, 0.25) is 0 Å². The molecule has 4 heteroatoms. The maximum absolute atomic E-state index is 5.92. The molecular formula is C14H26N4. The molecule has 2 heterocycles. The number of nitrogens with two attached hydrogens (primary N) is 1. The van der Waals surface area contributed by atoms with Crippen molar-refractivity contribution in [1.29, 1.82) is 0 Å². The summed E-state index contributed by atoms with van der Waals surface area (Å²) in [5.74, 6) is 0. The van der Waals surface area contributed by atoms with Crippen LogP contribution in [0.1, 0.15) is 45.2 Å². The van der Waals surface area contributed by atoms with Crippen molar-refractivity contribution >= 4 is 0 Å². The largest absolute Gasteiger partial charge is 0.329 e. The van der Waals surface area contributed by atoms with Crippen LogP contribution < -0.4 is 5.73 Å². The Morgan fingerprint density at radius 3 is 3.00 bits per heavy atom. The minimum Gasteiger partial charge on any atom is -0.329 e. The second-order valence-electron chi connectivity index (χ2n) is 5.39. The third kappa shape index (κ3) is 2.93. The van der Waals surface area contributed by atoms with E-state index in [0.717, 1.165) is 26.1 Å². The summed E-state index contributed by atoms with van der Waals surface area (Å²) in [5.41, 5.74) is 7.24. The van der Waals surface area contributed by atoms with Crippen molar-refractivity contribution in [2.24, 2.45) is 5.73 Å². The van der Waals surface area contributed by atoms with Crippen LogP contribution in [0, 0.1) is 0 Å². The van der Waals surface area contributed by atoms with Gasteiger partial charge in [-0.3, -0.25) is 9.58 Å². The molecule has 1 aliphatic heterocycles. The topological polar surface area (TPSA) is 47.1 Å². The summed E-state index contributed by atoms with van der Waals surface area (Å²) in [6, 6.07) is 3.32. The lowest BCUT2D eigenvalue weighted by Crippen LogP contribution is -2.48. The SMILES string of the molecule is CCCn1nccc1CN1C(C)CCCC1CN. The van der Waals surface area contributed by atoms with Gasteiger partial charge < -0.3 is 5.73 Å².